The summed E-state index contributed by atoms with van der Waals surface area (Å²) in [5, 5.41) is 2.62. The maximum Gasteiger partial charge on any atom is 1.00 e. The van der Waals surface area contributed by atoms with Crippen LogP contribution in [0.5, 0.6) is 0 Å². The number of nitrogens with one attached hydrogen (secondary N) is 1. The van der Waals surface area contributed by atoms with Crippen LogP contribution in [0.3, 0.4) is 0 Å². The molecular formula is C26H50NNaO4S. The Morgan fingerprint density at radius 1 is 0.788 bits per heavy atom. The van der Waals surface area contributed by atoms with E-state index in [-0.39, 0.29) is 29.6 Å². The van der Waals surface area contributed by atoms with Gasteiger partial charge in [-0.05, 0) is 19.4 Å². The molecule has 1 unspecified atom stereocenters. The molecule has 1 amide bonds. The molecule has 0 aromatic carbocycles. The largest absolute Gasteiger partial charge is 1.00 e. The first-order chi connectivity index (χ1) is 15.2. The Morgan fingerprint density at radius 2 is 1.12 bits per heavy atom. The molecule has 0 rings (SSSR count). The van der Waals surface area contributed by atoms with Crippen molar-refractivity contribution in [1.29, 1.82) is 0 Å². The van der Waals surface area contributed by atoms with E-state index in [1.807, 2.05) is 0 Å². The van der Waals surface area contributed by atoms with Gasteiger partial charge in [0.05, 0.1) is 21.4 Å². The third-order valence-electron chi connectivity index (χ3n) is 6.19. The Labute approximate surface area is 227 Å². The molecule has 0 saturated carbocycles. The molecule has 0 aromatic heterocycles. The van der Waals surface area contributed by atoms with Crippen LogP contribution < -0.4 is 34.9 Å². The third-order valence-corrected chi connectivity index (χ3v) is 7.18. The Bertz CT molecular complexity index is 583. The summed E-state index contributed by atoms with van der Waals surface area (Å²) in [7, 11) is -4.41. The topological polar surface area (TPSA) is 86.3 Å². The fourth-order valence-corrected chi connectivity index (χ4v) is 5.32. The first-order valence-corrected chi connectivity index (χ1v) is 14.7. The van der Waals surface area contributed by atoms with Crippen LogP contribution >= 0.6 is 0 Å². The standard InChI is InChI=1S/C26H51NO4S.Na/c1-4-6-7-8-9-10-11-12-13-14-15-16-17-18-19-20-21-22-23-26(3,24-32(29,30)31)27-25(28)5-2;/h5H,2,4,6-24H2,1,3H3,(H,27,28)(H,29,30,31);/q;+1/p-1. The van der Waals surface area contributed by atoms with Gasteiger partial charge in [0, 0.05) is 0 Å². The summed E-state index contributed by atoms with van der Waals surface area (Å²) in [5.41, 5.74) is -1.03. The normalized spacial score (nSPS) is 13.2. The van der Waals surface area contributed by atoms with Gasteiger partial charge in [0.15, 0.2) is 0 Å². The summed E-state index contributed by atoms with van der Waals surface area (Å²) in [6, 6.07) is 0. The van der Waals surface area contributed by atoms with Gasteiger partial charge in [0.25, 0.3) is 0 Å². The van der Waals surface area contributed by atoms with Gasteiger partial charge >= 0.3 is 29.6 Å². The average molecular weight is 496 g/mol. The van der Waals surface area contributed by atoms with Crippen LogP contribution in [-0.2, 0) is 14.9 Å². The monoisotopic (exact) mass is 495 g/mol. The zero-order valence-electron chi connectivity index (χ0n) is 22.0. The average Bonchev–Trinajstić information content (AvgIpc) is 2.71. The molecule has 0 aliphatic heterocycles. The van der Waals surface area contributed by atoms with Crippen LogP contribution in [0.1, 0.15) is 136 Å². The quantitative estimate of drug-likeness (QED) is 0.100. The van der Waals surface area contributed by atoms with Crippen LogP contribution in [0.4, 0.5) is 0 Å². The minimum absolute atomic E-state index is 0. The van der Waals surface area contributed by atoms with E-state index in [2.05, 4.69) is 18.8 Å². The second-order valence-corrected chi connectivity index (χ2v) is 11.1. The van der Waals surface area contributed by atoms with E-state index in [1.165, 1.54) is 96.3 Å². The summed E-state index contributed by atoms with van der Waals surface area (Å²) in [4.78, 5) is 11.6. The van der Waals surface area contributed by atoms with Gasteiger partial charge in [-0.2, -0.15) is 0 Å². The molecular weight excluding hydrogens is 445 g/mol. The predicted octanol–water partition coefficient (Wildman–Crippen LogP) is 4.03. The Kier molecular flexibility index (Phi) is 24.1. The minimum Gasteiger partial charge on any atom is -0.748 e. The van der Waals surface area contributed by atoms with E-state index in [1.54, 1.807) is 6.92 Å². The zero-order chi connectivity index (χ0) is 24.1. The fraction of sp³-hybridized carbons (Fsp3) is 0.885. The molecule has 0 aromatic rings. The Hall–Kier alpha value is 0.120. The molecule has 5 nitrogen and oxygen atoms in total. The molecule has 0 aliphatic rings. The first kappa shape index (κ1) is 35.3. The van der Waals surface area contributed by atoms with Crippen LogP contribution in [-0.4, -0.2) is 30.2 Å². The van der Waals surface area contributed by atoms with Gasteiger partial charge in [-0.3, -0.25) is 4.79 Å². The SMILES string of the molecule is C=CC(=O)NC(C)(CCCCCCCCCCCCCCCCCCCC)CS(=O)(=O)[O-].[Na+]. The van der Waals surface area contributed by atoms with Crippen LogP contribution in [0, 0.1) is 0 Å². The minimum atomic E-state index is -4.41. The van der Waals surface area contributed by atoms with E-state index in [9.17, 15) is 17.8 Å². The van der Waals surface area contributed by atoms with Crippen molar-refractivity contribution < 1.29 is 47.3 Å². The molecule has 1 atom stereocenters. The molecule has 0 aliphatic carbocycles. The summed E-state index contributed by atoms with van der Waals surface area (Å²) < 4.78 is 33.5. The second-order valence-electron chi connectivity index (χ2n) is 9.72. The van der Waals surface area contributed by atoms with Crippen LogP contribution in [0.25, 0.3) is 0 Å². The third kappa shape index (κ3) is 25.0. The van der Waals surface area contributed by atoms with E-state index in [4.69, 9.17) is 0 Å². The second kappa shape index (κ2) is 22.6. The van der Waals surface area contributed by atoms with Crippen molar-refractivity contribution in [1.82, 2.24) is 5.32 Å². The van der Waals surface area contributed by atoms with Gasteiger partial charge in [-0.1, -0.05) is 129 Å². The van der Waals surface area contributed by atoms with Gasteiger partial charge in [-0.25, -0.2) is 8.42 Å². The molecule has 190 valence electrons. The number of rotatable bonds is 23. The molecule has 33 heavy (non-hydrogen) atoms. The maximum atomic E-state index is 11.6. The van der Waals surface area contributed by atoms with Crippen molar-refractivity contribution in [3.63, 3.8) is 0 Å². The molecule has 7 heteroatoms. The summed E-state index contributed by atoms with van der Waals surface area (Å²) in [6.07, 6.45) is 24.8. The van der Waals surface area contributed by atoms with Crippen molar-refractivity contribution >= 4 is 16.0 Å². The Balaban J connectivity index is 0. The summed E-state index contributed by atoms with van der Waals surface area (Å²) in [5.74, 6) is -1.03. The van der Waals surface area contributed by atoms with Crippen molar-refractivity contribution in [3.8, 4) is 0 Å². The fourth-order valence-electron chi connectivity index (χ4n) is 4.33. The van der Waals surface area contributed by atoms with Crippen LogP contribution in [0.2, 0.25) is 0 Å². The Morgan fingerprint density at radius 3 is 1.42 bits per heavy atom. The van der Waals surface area contributed by atoms with E-state index in [0.717, 1.165) is 25.3 Å². The van der Waals surface area contributed by atoms with E-state index < -0.39 is 27.3 Å². The van der Waals surface area contributed by atoms with Crippen molar-refractivity contribution in [3.05, 3.63) is 12.7 Å². The predicted molar refractivity (Wildman–Crippen MR) is 135 cm³/mol. The molecule has 0 fully saturated rings. The molecule has 0 radical (unpaired) electrons. The number of hydrogen-bond acceptors (Lipinski definition) is 4. The molecule has 0 spiro atoms. The molecule has 0 heterocycles. The number of unbranched alkanes of at least 4 members (excludes halogenated alkanes) is 17. The number of carbonyl (C=O) groups is 1. The maximum absolute atomic E-state index is 11.6. The first-order valence-electron chi connectivity index (χ1n) is 13.1. The molecule has 0 bridgehead atoms. The molecule has 1 N–H and O–H groups in total. The van der Waals surface area contributed by atoms with Crippen LogP contribution in [0.15, 0.2) is 12.7 Å². The zero-order valence-corrected chi connectivity index (χ0v) is 24.8. The van der Waals surface area contributed by atoms with E-state index >= 15 is 0 Å². The summed E-state index contributed by atoms with van der Waals surface area (Å²) >= 11 is 0. The van der Waals surface area contributed by atoms with Crippen molar-refractivity contribution in [2.24, 2.45) is 0 Å². The number of hydrogen-bond donors (Lipinski definition) is 1. The summed E-state index contributed by atoms with van der Waals surface area (Å²) in [6.45, 7) is 7.27. The van der Waals surface area contributed by atoms with Gasteiger partial charge in [0.1, 0.15) is 0 Å². The van der Waals surface area contributed by atoms with Crippen molar-refractivity contribution in [2.75, 3.05) is 5.75 Å². The smallest absolute Gasteiger partial charge is 0.748 e. The number of carbonyl (C=O) groups excluding carboxylic acids is 1. The van der Waals surface area contributed by atoms with Crippen molar-refractivity contribution in [2.45, 2.75) is 141 Å². The van der Waals surface area contributed by atoms with Gasteiger partial charge < -0.3 is 9.87 Å². The van der Waals surface area contributed by atoms with Gasteiger partial charge in [-0.15, -0.1) is 0 Å². The van der Waals surface area contributed by atoms with Gasteiger partial charge in [0.2, 0.25) is 5.91 Å². The van der Waals surface area contributed by atoms with E-state index in [0.29, 0.717) is 6.42 Å². The number of amides is 1. The molecule has 0 saturated heterocycles.